The van der Waals surface area contributed by atoms with Crippen molar-refractivity contribution >= 4 is 46.3 Å². The number of nitrogens with one attached hydrogen (secondary N) is 1. The van der Waals surface area contributed by atoms with E-state index in [1.807, 2.05) is 0 Å². The molecule has 2 rings (SSSR count). The molecule has 1 aliphatic rings. The van der Waals surface area contributed by atoms with Crippen LogP contribution in [0.15, 0.2) is 22.5 Å². The average molecular weight is 426 g/mol. The Kier molecular flexibility index (Phi) is 8.98. The molecule has 0 unspecified atom stereocenters. The van der Waals surface area contributed by atoms with Crippen LogP contribution in [-0.2, 0) is 0 Å². The van der Waals surface area contributed by atoms with Crippen LogP contribution in [0.4, 0.5) is 9.39 Å². The van der Waals surface area contributed by atoms with Crippen LogP contribution in [0.5, 0.6) is 0 Å². The fourth-order valence-electron chi connectivity index (χ4n) is 2.26. The van der Waals surface area contributed by atoms with Gasteiger partial charge in [-0.15, -0.1) is 35.3 Å². The number of guanidine groups is 1. The summed E-state index contributed by atoms with van der Waals surface area (Å²) in [5.74, 6) is 0.923. The maximum Gasteiger partial charge on any atom is 0.194 e. The summed E-state index contributed by atoms with van der Waals surface area (Å²) in [4.78, 5) is 9.17. The fourth-order valence-corrected chi connectivity index (χ4v) is 3.04. The zero-order chi connectivity index (χ0) is 14.2. The van der Waals surface area contributed by atoms with E-state index in [9.17, 15) is 4.39 Å². The van der Waals surface area contributed by atoms with E-state index >= 15 is 0 Å². The van der Waals surface area contributed by atoms with E-state index in [4.69, 9.17) is 0 Å². The molecule has 21 heavy (non-hydrogen) atoms. The monoisotopic (exact) mass is 426 g/mol. The summed E-state index contributed by atoms with van der Waals surface area (Å²) in [6, 6.07) is 4.26. The lowest BCUT2D eigenvalue weighted by atomic mass is 10.3. The molecule has 1 fully saturated rings. The first-order chi connectivity index (χ1) is 9.85. The summed E-state index contributed by atoms with van der Waals surface area (Å²) in [5.41, 5.74) is 0. The Labute approximate surface area is 147 Å². The van der Waals surface area contributed by atoms with Crippen molar-refractivity contribution in [1.29, 1.82) is 0 Å². The van der Waals surface area contributed by atoms with Crippen molar-refractivity contribution in [2.75, 3.05) is 50.8 Å². The van der Waals surface area contributed by atoms with E-state index in [-0.39, 0.29) is 30.7 Å². The first kappa shape index (κ1) is 18.5. The van der Waals surface area contributed by atoms with Crippen LogP contribution in [0.3, 0.4) is 0 Å². The SMILES string of the molecule is CCNC(=NCCCF)N1CCN(c2cccs2)CC1.I. The molecule has 120 valence electrons. The molecule has 2 heterocycles. The summed E-state index contributed by atoms with van der Waals surface area (Å²) in [7, 11) is 0. The Morgan fingerprint density at radius 2 is 2.14 bits per heavy atom. The van der Waals surface area contributed by atoms with Crippen molar-refractivity contribution in [1.82, 2.24) is 10.2 Å². The normalized spacial score (nSPS) is 15.8. The smallest absolute Gasteiger partial charge is 0.194 e. The Bertz CT molecular complexity index is 405. The number of nitrogens with zero attached hydrogens (tertiary/aromatic N) is 3. The quantitative estimate of drug-likeness (QED) is 0.340. The van der Waals surface area contributed by atoms with E-state index in [1.54, 1.807) is 11.3 Å². The molecule has 1 aliphatic heterocycles. The van der Waals surface area contributed by atoms with Crippen LogP contribution in [0.1, 0.15) is 13.3 Å². The summed E-state index contributed by atoms with van der Waals surface area (Å²) >= 11 is 1.79. The minimum absolute atomic E-state index is 0. The van der Waals surface area contributed by atoms with Crippen LogP contribution >= 0.6 is 35.3 Å². The van der Waals surface area contributed by atoms with Gasteiger partial charge in [-0.3, -0.25) is 9.38 Å². The van der Waals surface area contributed by atoms with Gasteiger partial charge in [-0.2, -0.15) is 0 Å². The summed E-state index contributed by atoms with van der Waals surface area (Å²) in [5, 5.41) is 6.75. The van der Waals surface area contributed by atoms with Crippen molar-refractivity contribution < 1.29 is 4.39 Å². The molecular weight excluding hydrogens is 402 g/mol. The van der Waals surface area contributed by atoms with Gasteiger partial charge < -0.3 is 15.1 Å². The van der Waals surface area contributed by atoms with Gasteiger partial charge in [0.2, 0.25) is 0 Å². The Morgan fingerprint density at radius 1 is 1.38 bits per heavy atom. The third-order valence-electron chi connectivity index (χ3n) is 3.29. The van der Waals surface area contributed by atoms with Gasteiger partial charge in [0.15, 0.2) is 5.96 Å². The van der Waals surface area contributed by atoms with E-state index in [0.29, 0.717) is 13.0 Å². The molecule has 0 radical (unpaired) electrons. The Hall–Kier alpha value is -0.570. The summed E-state index contributed by atoms with van der Waals surface area (Å²) < 4.78 is 12.2. The predicted octanol–water partition coefficient (Wildman–Crippen LogP) is 2.81. The largest absolute Gasteiger partial charge is 0.360 e. The van der Waals surface area contributed by atoms with Gasteiger partial charge in [0.25, 0.3) is 0 Å². The van der Waals surface area contributed by atoms with E-state index in [2.05, 4.69) is 44.5 Å². The first-order valence-corrected chi connectivity index (χ1v) is 8.10. The molecule has 1 saturated heterocycles. The Balaban J connectivity index is 0.00000220. The highest BCUT2D eigenvalue weighted by atomic mass is 127. The standard InChI is InChI=1S/C14H23FN4S.HI/c1-2-16-14(17-7-4-6-15)19-10-8-18(9-11-19)13-5-3-12-20-13;/h3,5,12H,2,4,6-11H2,1H3,(H,16,17);1H. The molecule has 7 heteroatoms. The third kappa shape index (κ3) is 5.61. The molecule has 4 nitrogen and oxygen atoms in total. The first-order valence-electron chi connectivity index (χ1n) is 7.23. The van der Waals surface area contributed by atoms with Crippen LogP contribution in [-0.4, -0.2) is 56.8 Å². The van der Waals surface area contributed by atoms with Crippen molar-refractivity contribution in [2.24, 2.45) is 4.99 Å². The topological polar surface area (TPSA) is 30.9 Å². The lowest BCUT2D eigenvalue weighted by molar-refractivity contribution is 0.372. The van der Waals surface area contributed by atoms with Crippen molar-refractivity contribution in [3.63, 3.8) is 0 Å². The molecule has 1 N–H and O–H groups in total. The highest BCUT2D eigenvalue weighted by molar-refractivity contribution is 14.0. The van der Waals surface area contributed by atoms with Gasteiger partial charge in [0.1, 0.15) is 0 Å². The molecule has 1 aromatic heterocycles. The van der Waals surface area contributed by atoms with E-state index in [1.165, 1.54) is 5.00 Å². The molecule has 0 bridgehead atoms. The number of aliphatic imine (C=N–C) groups is 1. The lowest BCUT2D eigenvalue weighted by Gasteiger charge is -2.37. The minimum Gasteiger partial charge on any atom is -0.360 e. The van der Waals surface area contributed by atoms with Crippen LogP contribution < -0.4 is 10.2 Å². The second-order valence-electron chi connectivity index (χ2n) is 4.70. The zero-order valence-corrected chi connectivity index (χ0v) is 15.6. The summed E-state index contributed by atoms with van der Waals surface area (Å²) in [6.45, 7) is 7.10. The van der Waals surface area contributed by atoms with Gasteiger partial charge in [0.05, 0.1) is 11.7 Å². The van der Waals surface area contributed by atoms with Gasteiger partial charge in [0, 0.05) is 39.3 Å². The van der Waals surface area contributed by atoms with Crippen molar-refractivity contribution in [3.8, 4) is 0 Å². The van der Waals surface area contributed by atoms with Gasteiger partial charge in [-0.25, -0.2) is 0 Å². The number of hydrogen-bond acceptors (Lipinski definition) is 3. The van der Waals surface area contributed by atoms with Gasteiger partial charge >= 0.3 is 0 Å². The molecular formula is C14H24FIN4S. The number of rotatable bonds is 5. The number of hydrogen-bond donors (Lipinski definition) is 1. The van der Waals surface area contributed by atoms with Crippen molar-refractivity contribution in [3.05, 3.63) is 17.5 Å². The van der Waals surface area contributed by atoms with Gasteiger partial charge in [-0.1, -0.05) is 0 Å². The van der Waals surface area contributed by atoms with Crippen LogP contribution in [0.2, 0.25) is 0 Å². The summed E-state index contributed by atoms with van der Waals surface area (Å²) in [6.07, 6.45) is 0.504. The van der Waals surface area contributed by atoms with E-state index < -0.39 is 0 Å². The fraction of sp³-hybridized carbons (Fsp3) is 0.643. The molecule has 0 saturated carbocycles. The maximum atomic E-state index is 12.2. The molecule has 0 aliphatic carbocycles. The van der Waals surface area contributed by atoms with Crippen LogP contribution in [0.25, 0.3) is 0 Å². The highest BCUT2D eigenvalue weighted by Gasteiger charge is 2.19. The molecule has 0 amide bonds. The average Bonchev–Trinajstić information content (AvgIpc) is 3.01. The number of piperazine rings is 1. The molecule has 0 spiro atoms. The number of anilines is 1. The second kappa shape index (κ2) is 10.2. The van der Waals surface area contributed by atoms with Crippen molar-refractivity contribution in [2.45, 2.75) is 13.3 Å². The molecule has 1 aromatic rings. The maximum absolute atomic E-state index is 12.2. The third-order valence-corrected chi connectivity index (χ3v) is 4.21. The number of alkyl halides is 1. The number of halogens is 2. The Morgan fingerprint density at radius 3 is 2.71 bits per heavy atom. The second-order valence-corrected chi connectivity index (χ2v) is 5.63. The highest BCUT2D eigenvalue weighted by Crippen LogP contribution is 2.22. The lowest BCUT2D eigenvalue weighted by Crippen LogP contribution is -2.52. The van der Waals surface area contributed by atoms with Crippen LogP contribution in [0, 0.1) is 0 Å². The van der Waals surface area contributed by atoms with Gasteiger partial charge in [-0.05, 0) is 30.9 Å². The predicted molar refractivity (Wildman–Crippen MR) is 100 cm³/mol. The number of thiophene rings is 1. The minimum atomic E-state index is -0.297. The molecule has 0 aromatic carbocycles. The zero-order valence-electron chi connectivity index (χ0n) is 12.4. The molecule has 0 atom stereocenters. The van der Waals surface area contributed by atoms with E-state index in [0.717, 1.165) is 38.7 Å².